The Morgan fingerprint density at radius 3 is 1.52 bits per heavy atom. The zero-order valence-electron chi connectivity index (χ0n) is 60.8. The van der Waals surface area contributed by atoms with Crippen LogP contribution in [0.2, 0.25) is 11.6 Å². The van der Waals surface area contributed by atoms with Crippen molar-refractivity contribution >= 4 is 104 Å². The summed E-state index contributed by atoms with van der Waals surface area (Å²) in [5.74, 6) is 1.08. The van der Waals surface area contributed by atoms with Crippen LogP contribution < -0.4 is 40.7 Å². The monoisotopic (exact) mass is 1380 g/mol. The number of para-hydroxylation sites is 5. The molecule has 0 fully saturated rings. The zero-order valence-corrected chi connectivity index (χ0v) is 61.6. The number of anilines is 11. The molecule has 4 aliphatic heterocycles. The number of allylic oxidation sites excluding steroid dienone is 3. The SMILES string of the molecule is CC(C)(C)c1ccc(-c2cccc(-c3ccc(C(C)(C)C)cc3)c2N2C3=CC4Sc5cc(N(c6ccccc6)c6ccccc6)cc6c5B(c5ccccc5N6c5ccccc5)C4C=C3B3c4c(cc(N(c5ccc(-c6ccccc6)cc5)c5cccc(-c6ccccc6)c5)cc42)OC2CCC=CC32)cc1. The molecule has 19 rings (SSSR count). The van der Waals surface area contributed by atoms with Crippen molar-refractivity contribution in [2.75, 3.05) is 19.6 Å². The van der Waals surface area contributed by atoms with Crippen LogP contribution in [0.25, 0.3) is 44.5 Å². The second kappa shape index (κ2) is 26.3. The van der Waals surface area contributed by atoms with Gasteiger partial charge in [-0.1, -0.05) is 290 Å². The number of fused-ring (bicyclic) bond motifs is 8. The lowest BCUT2D eigenvalue weighted by Gasteiger charge is -2.51. The molecular formula is C98H82B2N4OS. The predicted octanol–water partition coefficient (Wildman–Crippen LogP) is 24.5. The van der Waals surface area contributed by atoms with Gasteiger partial charge in [0, 0.05) is 90.0 Å². The van der Waals surface area contributed by atoms with Crippen LogP contribution in [-0.2, 0) is 10.8 Å². The molecule has 0 saturated heterocycles. The molecule has 13 aromatic rings. The fraction of sp³-hybridized carbons (Fsp3) is 0.143. The van der Waals surface area contributed by atoms with Crippen molar-refractivity contribution in [3.63, 3.8) is 0 Å². The highest BCUT2D eigenvalue weighted by molar-refractivity contribution is 8.00. The van der Waals surface area contributed by atoms with Crippen molar-refractivity contribution < 1.29 is 4.74 Å². The maximum absolute atomic E-state index is 7.85. The molecular weight excluding hydrogens is 1300 g/mol. The van der Waals surface area contributed by atoms with E-state index in [1.165, 1.54) is 71.6 Å². The van der Waals surface area contributed by atoms with Gasteiger partial charge in [-0.25, -0.2) is 0 Å². The molecule has 0 radical (unpaired) electrons. The maximum Gasteiger partial charge on any atom is 0.229 e. The minimum atomic E-state index is -0.0546. The van der Waals surface area contributed by atoms with E-state index in [1.807, 2.05) is 11.8 Å². The fourth-order valence-corrected chi connectivity index (χ4v) is 19.2. The van der Waals surface area contributed by atoms with E-state index < -0.39 is 0 Å². The van der Waals surface area contributed by atoms with Gasteiger partial charge in [0.15, 0.2) is 0 Å². The molecule has 5 nitrogen and oxygen atoms in total. The molecule has 13 aromatic carbocycles. The van der Waals surface area contributed by atoms with Crippen molar-refractivity contribution in [3.05, 3.63) is 362 Å². The first kappa shape index (κ1) is 65.3. The van der Waals surface area contributed by atoms with Gasteiger partial charge in [0.25, 0.3) is 0 Å². The summed E-state index contributed by atoms with van der Waals surface area (Å²) in [6, 6.07) is 118. The summed E-state index contributed by atoms with van der Waals surface area (Å²) in [6.45, 7) is 13.9. The minimum Gasteiger partial charge on any atom is -0.491 e. The summed E-state index contributed by atoms with van der Waals surface area (Å²) in [4.78, 5) is 11.5. The third kappa shape index (κ3) is 11.4. The van der Waals surface area contributed by atoms with Gasteiger partial charge in [0.05, 0.1) is 17.5 Å². The standard InChI is InChI=1S/C98H82B2N4OS/c1-97(2,3)71-52-46-68(47-53-71)80-40-27-41-81(69-48-54-72(55-49-69)98(4,5)6)96(80)104-87-64-92-85(99-82-42-22-24-44-86(82)103(75-37-20-11-21-38-75)89-60-79(62-93(106-92)95(89)99)101(73-33-16-9-17-34-73)74-35-18-10-19-36-74)63-84(87)100-83-43-23-25-45-90(83)105-91-61-78(59-88(104)94(91)100)102(76-56-50-67(51-57-76)65-28-12-7-13-29-65)77-39-26-32-70(58-77)66-30-14-8-15-31-66/h7-24,26-44,46-64,83,85,90,92H,25,45H2,1-6H3. The fourth-order valence-electron chi connectivity index (χ4n) is 17.8. The van der Waals surface area contributed by atoms with E-state index in [0.717, 1.165) is 97.6 Å². The smallest absolute Gasteiger partial charge is 0.229 e. The van der Waals surface area contributed by atoms with E-state index in [-0.39, 0.29) is 47.2 Å². The van der Waals surface area contributed by atoms with E-state index >= 15 is 0 Å². The van der Waals surface area contributed by atoms with Crippen LogP contribution in [0.3, 0.4) is 0 Å². The summed E-state index contributed by atoms with van der Waals surface area (Å²) in [7, 11) is 0. The molecule has 0 saturated carbocycles. The Kier molecular flexibility index (Phi) is 16.2. The third-order valence-corrected chi connectivity index (χ3v) is 24.2. The number of hydrogen-bond acceptors (Lipinski definition) is 6. The Bertz CT molecular complexity index is 5480. The lowest BCUT2D eigenvalue weighted by molar-refractivity contribution is 0.186. The van der Waals surface area contributed by atoms with E-state index in [1.54, 1.807) is 0 Å². The lowest BCUT2D eigenvalue weighted by Crippen LogP contribution is -2.59. The average molecular weight is 1390 g/mol. The van der Waals surface area contributed by atoms with Gasteiger partial charge in [0.2, 0.25) is 13.4 Å². The predicted molar refractivity (Wildman–Crippen MR) is 451 cm³/mol. The highest BCUT2D eigenvalue weighted by Crippen LogP contribution is 2.59. The normalized spacial score (nSPS) is 17.3. The molecule has 2 aliphatic carbocycles. The Balaban J connectivity index is 0.898. The molecule has 8 heteroatoms. The highest BCUT2D eigenvalue weighted by Gasteiger charge is 2.54. The molecule has 0 N–H and O–H groups in total. The topological polar surface area (TPSA) is 22.2 Å². The molecule has 0 spiro atoms. The Labute approximate surface area is 629 Å². The molecule has 106 heavy (non-hydrogen) atoms. The van der Waals surface area contributed by atoms with Crippen LogP contribution in [0, 0.1) is 0 Å². The zero-order chi connectivity index (χ0) is 71.4. The van der Waals surface area contributed by atoms with E-state index in [2.05, 4.69) is 401 Å². The van der Waals surface area contributed by atoms with Crippen molar-refractivity contribution in [1.82, 2.24) is 0 Å². The maximum atomic E-state index is 7.85. The number of rotatable bonds is 12. The van der Waals surface area contributed by atoms with Crippen LogP contribution in [0.4, 0.5) is 62.6 Å². The van der Waals surface area contributed by atoms with Crippen LogP contribution in [0.5, 0.6) is 5.75 Å². The summed E-state index contributed by atoms with van der Waals surface area (Å²) < 4.78 is 7.85. The van der Waals surface area contributed by atoms with Gasteiger partial charge >= 0.3 is 0 Å². The number of ether oxygens (including phenoxy) is 1. The van der Waals surface area contributed by atoms with Crippen molar-refractivity contribution in [2.24, 2.45) is 0 Å². The summed E-state index contributed by atoms with van der Waals surface area (Å²) in [6.07, 6.45) is 12.4. The van der Waals surface area contributed by atoms with E-state index in [0.29, 0.717) is 0 Å². The third-order valence-electron chi connectivity index (χ3n) is 22.9. The van der Waals surface area contributed by atoms with Gasteiger partial charge in [0.1, 0.15) is 5.75 Å². The summed E-state index contributed by atoms with van der Waals surface area (Å²) in [5.41, 5.74) is 30.7. The minimum absolute atomic E-state index is 0.00470. The second-order valence-electron chi connectivity index (χ2n) is 31.4. The molecule has 4 unspecified atom stereocenters. The lowest BCUT2D eigenvalue weighted by atomic mass is 9.26. The first-order chi connectivity index (χ1) is 51.8. The highest BCUT2D eigenvalue weighted by atomic mass is 32.2. The Morgan fingerprint density at radius 2 is 0.896 bits per heavy atom. The van der Waals surface area contributed by atoms with Gasteiger partial charge in [-0.15, -0.1) is 11.8 Å². The molecule has 4 atom stereocenters. The van der Waals surface area contributed by atoms with Gasteiger partial charge in [-0.05, 0) is 181 Å². The van der Waals surface area contributed by atoms with E-state index in [4.69, 9.17) is 4.74 Å². The van der Waals surface area contributed by atoms with E-state index in [9.17, 15) is 0 Å². The van der Waals surface area contributed by atoms with Crippen LogP contribution in [0.15, 0.2) is 356 Å². The number of hydrogen-bond donors (Lipinski definition) is 0. The molecule has 6 aliphatic rings. The van der Waals surface area contributed by atoms with Gasteiger partial charge in [-0.3, -0.25) is 0 Å². The van der Waals surface area contributed by atoms with Crippen LogP contribution in [-0.4, -0.2) is 24.8 Å². The summed E-state index contributed by atoms with van der Waals surface area (Å²) in [5, 5.41) is -0.00470. The average Bonchev–Trinajstić information content (AvgIpc) is 0.685. The summed E-state index contributed by atoms with van der Waals surface area (Å²) >= 11 is 2.05. The molecule has 0 bridgehead atoms. The van der Waals surface area contributed by atoms with Crippen molar-refractivity contribution in [1.29, 1.82) is 0 Å². The van der Waals surface area contributed by atoms with Crippen molar-refractivity contribution in [3.8, 4) is 50.3 Å². The quantitative estimate of drug-likeness (QED) is 0.0892. The Morgan fingerprint density at radius 1 is 0.396 bits per heavy atom. The van der Waals surface area contributed by atoms with Gasteiger partial charge < -0.3 is 24.3 Å². The first-order valence-corrected chi connectivity index (χ1v) is 38.6. The molecule has 0 aromatic heterocycles. The molecule has 0 amide bonds. The molecule has 512 valence electrons. The van der Waals surface area contributed by atoms with Gasteiger partial charge in [-0.2, -0.15) is 0 Å². The first-order valence-electron chi connectivity index (χ1n) is 37.7. The molecule has 4 heterocycles. The Hall–Kier alpha value is -11.4. The van der Waals surface area contributed by atoms with Crippen molar-refractivity contribution in [2.45, 2.75) is 93.1 Å². The van der Waals surface area contributed by atoms with Crippen LogP contribution in [0.1, 0.15) is 65.5 Å². The number of benzene rings is 13. The number of nitrogens with zero attached hydrogens (tertiary/aromatic N) is 4. The van der Waals surface area contributed by atoms with Crippen LogP contribution >= 0.6 is 11.8 Å². The largest absolute Gasteiger partial charge is 0.491 e. The number of thioether (sulfide) groups is 1. The second-order valence-corrected chi connectivity index (χ2v) is 32.6.